The minimum absolute atomic E-state index is 0.0326. The Morgan fingerprint density at radius 2 is 1.31 bits per heavy atom. The average molecular weight is 802 g/mol. The van der Waals surface area contributed by atoms with E-state index in [1.165, 1.54) is 5.56 Å². The minimum Gasteiger partial charge on any atom is -0.460 e. The monoisotopic (exact) mass is 801 g/mol. The molecule has 2 rings (SSSR count). The topological polar surface area (TPSA) is 102 Å². The van der Waals surface area contributed by atoms with Crippen molar-refractivity contribution in [3.8, 4) is 5.75 Å². The van der Waals surface area contributed by atoms with Crippen LogP contribution in [0.15, 0.2) is 85.2 Å². The number of aryl methyl sites for hydroxylation is 3. The van der Waals surface area contributed by atoms with E-state index in [-0.39, 0.29) is 13.2 Å². The number of rotatable bonds is 23. The van der Waals surface area contributed by atoms with Gasteiger partial charge in [0.1, 0.15) is 12.4 Å². The molecule has 52 heavy (non-hydrogen) atoms. The number of carbonyl (C=O) groups excluding carboxylic acids is 2. The van der Waals surface area contributed by atoms with E-state index in [9.17, 15) is 9.59 Å². The molecule has 0 saturated heterocycles. The van der Waals surface area contributed by atoms with Crippen molar-refractivity contribution in [2.45, 2.75) is 104 Å². The Labute approximate surface area is 318 Å². The second-order valence-electron chi connectivity index (χ2n) is 15.2. The van der Waals surface area contributed by atoms with Crippen molar-refractivity contribution >= 4 is 54.4 Å². The normalized spacial score (nSPS) is 14.4. The number of carbonyl (C=O) groups is 2. The van der Waals surface area contributed by atoms with Gasteiger partial charge >= 0.3 is 37.7 Å². The molecule has 9 nitrogen and oxygen atoms in total. The molecular formula is C38H63NO8Si5. The van der Waals surface area contributed by atoms with Crippen LogP contribution in [0.5, 0.6) is 5.75 Å². The van der Waals surface area contributed by atoms with Gasteiger partial charge in [-0.25, -0.2) is 9.59 Å². The van der Waals surface area contributed by atoms with Crippen LogP contribution in [0.1, 0.15) is 36.5 Å². The number of amides is 1. The van der Waals surface area contributed by atoms with E-state index in [4.69, 9.17) is 25.9 Å². The molecule has 2 aromatic rings. The first kappa shape index (κ1) is 45.5. The summed E-state index contributed by atoms with van der Waals surface area (Å²) in [5, 5.41) is 2.60. The van der Waals surface area contributed by atoms with Crippen LogP contribution in [-0.2, 0) is 38.8 Å². The molecule has 0 saturated carbocycles. The lowest BCUT2D eigenvalue weighted by Crippen LogP contribution is -2.60. The summed E-state index contributed by atoms with van der Waals surface area (Å²) in [6, 6.07) is 18.0. The molecule has 2 unspecified atom stereocenters. The van der Waals surface area contributed by atoms with Gasteiger partial charge in [0.25, 0.3) is 0 Å². The largest absolute Gasteiger partial charge is 0.460 e. The third-order valence-corrected chi connectivity index (χ3v) is 27.8. The van der Waals surface area contributed by atoms with E-state index in [0.717, 1.165) is 48.9 Å². The Morgan fingerprint density at radius 3 is 1.87 bits per heavy atom. The summed E-state index contributed by atoms with van der Waals surface area (Å²) in [6.07, 6.45) is 2.94. The number of benzene rings is 2. The summed E-state index contributed by atoms with van der Waals surface area (Å²) in [6.45, 7) is 32.6. The molecule has 0 fully saturated rings. The third-order valence-electron chi connectivity index (χ3n) is 8.29. The smallest absolute Gasteiger partial charge is 0.412 e. The fraction of sp³-hybridized carbons (Fsp3) is 0.474. The van der Waals surface area contributed by atoms with Gasteiger partial charge in [-0.1, -0.05) is 60.4 Å². The van der Waals surface area contributed by atoms with Crippen LogP contribution in [0.4, 0.5) is 4.79 Å². The average Bonchev–Trinajstić information content (AvgIpc) is 3.03. The standard InChI is InChI=1S/C38H63NO8Si5/c1-14-48(6,7)44-50(10,11)46-52(13,30-19-23-34-21-17-16-18-22-34)47-51(12,45-49(8,9)15-2)29-20-24-35-25-26-36(33(5)31-35)43-38(41)39-27-28-42-37(40)32(3)4/h14-18,21-22,25-26,31H,1-3,19-20,23-24,27-30H2,4-13H3,(H,39,41). The SMILES string of the molecule is C=C[Si](C)(C)O[Si](C)(C)O[Si](C)(CCCc1ccccc1)O[Si](C)(CCCc1ccc(OC(=O)NCCOC(=O)C(=C)C)c(C)c1)O[Si](C)(C)C=C. The van der Waals surface area contributed by atoms with Gasteiger partial charge in [-0.05, 0) is 127 Å². The van der Waals surface area contributed by atoms with Crippen LogP contribution in [0.2, 0.25) is 64.5 Å². The quantitative estimate of drug-likeness (QED) is 0.0514. The maximum absolute atomic E-state index is 12.3. The van der Waals surface area contributed by atoms with Crippen molar-refractivity contribution in [1.29, 1.82) is 0 Å². The van der Waals surface area contributed by atoms with Crippen molar-refractivity contribution in [1.82, 2.24) is 5.32 Å². The van der Waals surface area contributed by atoms with E-state index in [0.29, 0.717) is 11.3 Å². The van der Waals surface area contributed by atoms with Crippen molar-refractivity contribution in [3.05, 3.63) is 102 Å². The van der Waals surface area contributed by atoms with Crippen molar-refractivity contribution < 1.29 is 35.5 Å². The third kappa shape index (κ3) is 17.0. The molecule has 14 heteroatoms. The summed E-state index contributed by atoms with van der Waals surface area (Å²) >= 11 is 0. The minimum atomic E-state index is -2.82. The number of ether oxygens (including phenoxy) is 2. The molecule has 0 heterocycles. The highest BCUT2D eigenvalue weighted by molar-refractivity contribution is 6.92. The molecule has 1 N–H and O–H groups in total. The molecular weight excluding hydrogens is 739 g/mol. The molecule has 0 bridgehead atoms. The van der Waals surface area contributed by atoms with E-state index in [1.54, 1.807) is 6.92 Å². The molecule has 0 aromatic heterocycles. The maximum Gasteiger partial charge on any atom is 0.412 e. The summed E-state index contributed by atoms with van der Waals surface area (Å²) in [5.74, 6) is -0.0293. The highest BCUT2D eigenvalue weighted by Gasteiger charge is 2.49. The van der Waals surface area contributed by atoms with Crippen LogP contribution in [0.3, 0.4) is 0 Å². The van der Waals surface area contributed by atoms with Gasteiger partial charge in [0.15, 0.2) is 16.6 Å². The van der Waals surface area contributed by atoms with Gasteiger partial charge < -0.3 is 31.3 Å². The number of esters is 1. The Morgan fingerprint density at radius 1 is 0.750 bits per heavy atom. The predicted molar refractivity (Wildman–Crippen MR) is 224 cm³/mol. The van der Waals surface area contributed by atoms with E-state index in [1.807, 2.05) is 42.6 Å². The van der Waals surface area contributed by atoms with E-state index >= 15 is 0 Å². The molecule has 2 atom stereocenters. The fourth-order valence-electron chi connectivity index (χ4n) is 5.93. The highest BCUT2D eigenvalue weighted by Crippen LogP contribution is 2.33. The Balaban J connectivity index is 2.19. The summed E-state index contributed by atoms with van der Waals surface area (Å²) in [4.78, 5) is 23.9. The molecule has 1 amide bonds. The summed E-state index contributed by atoms with van der Waals surface area (Å²) in [7, 11) is -12.5. The summed E-state index contributed by atoms with van der Waals surface area (Å²) in [5.41, 5.74) is 7.52. The van der Waals surface area contributed by atoms with Gasteiger partial charge in [0.05, 0.1) is 6.54 Å². The van der Waals surface area contributed by atoms with E-state index in [2.05, 4.69) is 102 Å². The first-order chi connectivity index (χ1) is 24.1. The van der Waals surface area contributed by atoms with Crippen LogP contribution >= 0.6 is 0 Å². The van der Waals surface area contributed by atoms with Crippen LogP contribution in [0.25, 0.3) is 0 Å². The zero-order valence-electron chi connectivity index (χ0n) is 33.3. The van der Waals surface area contributed by atoms with Gasteiger partial charge in [0, 0.05) is 5.57 Å². The summed E-state index contributed by atoms with van der Waals surface area (Å²) < 4.78 is 38.7. The highest BCUT2D eigenvalue weighted by atomic mass is 28.5. The lowest BCUT2D eigenvalue weighted by Gasteiger charge is -2.44. The van der Waals surface area contributed by atoms with Crippen LogP contribution in [-0.4, -0.2) is 67.5 Å². The van der Waals surface area contributed by atoms with Gasteiger partial charge in [-0.3, -0.25) is 0 Å². The number of nitrogens with one attached hydrogen (secondary N) is 1. The zero-order chi connectivity index (χ0) is 39.2. The predicted octanol–water partition coefficient (Wildman–Crippen LogP) is 9.54. The van der Waals surface area contributed by atoms with Crippen molar-refractivity contribution in [2.75, 3.05) is 13.2 Å². The second kappa shape index (κ2) is 20.1. The first-order valence-corrected chi connectivity index (χ1v) is 31.9. The lowest BCUT2D eigenvalue weighted by molar-refractivity contribution is -0.138. The van der Waals surface area contributed by atoms with Crippen molar-refractivity contribution in [2.24, 2.45) is 0 Å². The molecule has 0 aliphatic carbocycles. The molecule has 0 spiro atoms. The van der Waals surface area contributed by atoms with Crippen LogP contribution in [0, 0.1) is 6.92 Å². The lowest BCUT2D eigenvalue weighted by atomic mass is 10.1. The maximum atomic E-state index is 12.3. The molecule has 0 aliphatic heterocycles. The molecule has 288 valence electrons. The Hall–Kier alpha value is -2.68. The van der Waals surface area contributed by atoms with Gasteiger partial charge in [0.2, 0.25) is 0 Å². The zero-order valence-corrected chi connectivity index (χ0v) is 38.3. The van der Waals surface area contributed by atoms with Crippen LogP contribution < -0.4 is 10.1 Å². The second-order valence-corrected chi connectivity index (χ2v) is 34.0. The number of hydrogen-bond donors (Lipinski definition) is 1. The molecule has 2 aromatic carbocycles. The fourth-order valence-corrected chi connectivity index (χ4v) is 28.8. The van der Waals surface area contributed by atoms with Gasteiger partial charge in [-0.2, -0.15) is 0 Å². The van der Waals surface area contributed by atoms with E-state index < -0.39 is 54.4 Å². The number of hydrogen-bond acceptors (Lipinski definition) is 8. The Bertz CT molecular complexity index is 1520. The van der Waals surface area contributed by atoms with Crippen molar-refractivity contribution in [3.63, 3.8) is 0 Å². The Kier molecular flexibility index (Phi) is 17.6. The first-order valence-electron chi connectivity index (χ1n) is 18.1. The molecule has 0 aliphatic rings. The molecule has 0 radical (unpaired) electrons. The van der Waals surface area contributed by atoms with Gasteiger partial charge in [-0.15, -0.1) is 13.2 Å².